The lowest BCUT2D eigenvalue weighted by atomic mass is 9.98. The average molecular weight is 309 g/mol. The van der Waals surface area contributed by atoms with Crippen molar-refractivity contribution >= 4 is 15.9 Å². The van der Waals surface area contributed by atoms with Gasteiger partial charge in [0.05, 0.1) is 5.69 Å². The van der Waals surface area contributed by atoms with Crippen molar-refractivity contribution in [3.05, 3.63) is 29.8 Å². The first-order valence-electron chi connectivity index (χ1n) is 7.68. The first-order valence-corrected chi connectivity index (χ1v) is 9.08. The van der Waals surface area contributed by atoms with E-state index in [1.807, 2.05) is 31.3 Å². The SMILES string of the molecule is CNC1CCN(S(=O)(=O)N2CCCCC2)c2ccccc21. The fraction of sp³-hybridized carbons (Fsp3) is 0.600. The number of nitrogens with zero attached hydrogens (tertiary/aromatic N) is 2. The van der Waals surface area contributed by atoms with Gasteiger partial charge in [-0.25, -0.2) is 0 Å². The molecule has 1 aromatic carbocycles. The Morgan fingerprint density at radius 1 is 1.10 bits per heavy atom. The molecule has 1 saturated heterocycles. The molecule has 0 saturated carbocycles. The summed E-state index contributed by atoms with van der Waals surface area (Å²) in [6.07, 6.45) is 3.87. The van der Waals surface area contributed by atoms with Crippen molar-refractivity contribution in [2.75, 3.05) is 31.0 Å². The van der Waals surface area contributed by atoms with E-state index in [0.29, 0.717) is 19.6 Å². The van der Waals surface area contributed by atoms with Gasteiger partial charge in [0.25, 0.3) is 0 Å². The Bertz CT molecular complexity index is 597. The molecular formula is C15H23N3O2S. The van der Waals surface area contributed by atoms with Gasteiger partial charge in [-0.2, -0.15) is 12.7 Å². The van der Waals surface area contributed by atoms with Crippen LogP contribution < -0.4 is 9.62 Å². The van der Waals surface area contributed by atoms with Crippen molar-refractivity contribution in [2.45, 2.75) is 31.7 Å². The second kappa shape index (κ2) is 5.94. The summed E-state index contributed by atoms with van der Waals surface area (Å²) < 4.78 is 29.1. The summed E-state index contributed by atoms with van der Waals surface area (Å²) in [6, 6.07) is 8.05. The van der Waals surface area contributed by atoms with Crippen LogP contribution in [-0.2, 0) is 10.2 Å². The summed E-state index contributed by atoms with van der Waals surface area (Å²) in [5.74, 6) is 0. The lowest BCUT2D eigenvalue weighted by molar-refractivity contribution is 0.344. The third-order valence-electron chi connectivity index (χ3n) is 4.47. The van der Waals surface area contributed by atoms with E-state index >= 15 is 0 Å². The number of hydrogen-bond donors (Lipinski definition) is 1. The van der Waals surface area contributed by atoms with Gasteiger partial charge in [0, 0.05) is 25.7 Å². The van der Waals surface area contributed by atoms with Crippen LogP contribution >= 0.6 is 0 Å². The smallest absolute Gasteiger partial charge is 0.304 e. The highest BCUT2D eigenvalue weighted by atomic mass is 32.2. The molecule has 0 radical (unpaired) electrons. The average Bonchev–Trinajstić information content (AvgIpc) is 2.54. The molecule has 1 atom stereocenters. The van der Waals surface area contributed by atoms with Crippen LogP contribution in [0.15, 0.2) is 24.3 Å². The van der Waals surface area contributed by atoms with E-state index in [0.717, 1.165) is 36.9 Å². The Balaban J connectivity index is 1.95. The third-order valence-corrected chi connectivity index (χ3v) is 6.42. The molecule has 2 heterocycles. The molecule has 0 spiro atoms. The molecule has 21 heavy (non-hydrogen) atoms. The fourth-order valence-electron chi connectivity index (χ4n) is 3.31. The Morgan fingerprint density at radius 3 is 2.52 bits per heavy atom. The molecule has 2 aliphatic rings. The van der Waals surface area contributed by atoms with Gasteiger partial charge in [0.2, 0.25) is 0 Å². The number of piperidine rings is 1. The molecule has 2 aliphatic heterocycles. The number of hydrogen-bond acceptors (Lipinski definition) is 3. The number of nitrogens with one attached hydrogen (secondary N) is 1. The van der Waals surface area contributed by atoms with Crippen molar-refractivity contribution in [3.8, 4) is 0 Å². The topological polar surface area (TPSA) is 52.7 Å². The molecule has 1 fully saturated rings. The van der Waals surface area contributed by atoms with Crippen LogP contribution in [0.5, 0.6) is 0 Å². The normalized spacial score (nSPS) is 23.9. The van der Waals surface area contributed by atoms with Crippen LogP contribution in [0.3, 0.4) is 0 Å². The van der Waals surface area contributed by atoms with E-state index in [1.54, 1.807) is 8.61 Å². The summed E-state index contributed by atoms with van der Waals surface area (Å²) in [6.45, 7) is 1.84. The van der Waals surface area contributed by atoms with Gasteiger partial charge in [-0.1, -0.05) is 24.6 Å². The number of benzene rings is 1. The Hall–Kier alpha value is -1.11. The Morgan fingerprint density at radius 2 is 1.81 bits per heavy atom. The second-order valence-electron chi connectivity index (χ2n) is 5.73. The molecule has 0 amide bonds. The highest BCUT2D eigenvalue weighted by molar-refractivity contribution is 7.90. The lowest BCUT2D eigenvalue weighted by Gasteiger charge is -2.38. The minimum absolute atomic E-state index is 0.231. The van der Waals surface area contributed by atoms with E-state index < -0.39 is 10.2 Å². The third kappa shape index (κ3) is 2.67. The zero-order chi connectivity index (χ0) is 14.9. The zero-order valence-corrected chi connectivity index (χ0v) is 13.3. The predicted octanol–water partition coefficient (Wildman–Crippen LogP) is 1.89. The number of fused-ring (bicyclic) bond motifs is 1. The van der Waals surface area contributed by atoms with E-state index in [1.165, 1.54) is 0 Å². The predicted molar refractivity (Wildman–Crippen MR) is 84.5 cm³/mol. The van der Waals surface area contributed by atoms with Crippen LogP contribution in [-0.4, -0.2) is 39.4 Å². The molecule has 0 aliphatic carbocycles. The van der Waals surface area contributed by atoms with Crippen molar-refractivity contribution in [1.82, 2.24) is 9.62 Å². The van der Waals surface area contributed by atoms with Crippen LogP contribution in [0.2, 0.25) is 0 Å². The minimum Gasteiger partial charge on any atom is -0.313 e. The van der Waals surface area contributed by atoms with Crippen molar-refractivity contribution in [1.29, 1.82) is 0 Å². The summed E-state index contributed by atoms with van der Waals surface area (Å²) in [5.41, 5.74) is 1.90. The van der Waals surface area contributed by atoms with Gasteiger partial charge >= 0.3 is 10.2 Å². The summed E-state index contributed by atoms with van der Waals surface area (Å²) >= 11 is 0. The van der Waals surface area contributed by atoms with Gasteiger partial charge < -0.3 is 5.32 Å². The van der Waals surface area contributed by atoms with Gasteiger partial charge in [-0.05, 0) is 37.9 Å². The standard InChI is InChI=1S/C15H23N3O2S/c1-16-14-9-12-18(15-8-4-3-7-13(14)15)21(19,20)17-10-5-2-6-11-17/h3-4,7-8,14,16H,2,5-6,9-12H2,1H3. The maximum Gasteiger partial charge on any atom is 0.304 e. The molecule has 6 heteroatoms. The largest absolute Gasteiger partial charge is 0.313 e. The molecule has 0 aromatic heterocycles. The van der Waals surface area contributed by atoms with Crippen molar-refractivity contribution < 1.29 is 8.42 Å². The quantitative estimate of drug-likeness (QED) is 0.927. The summed E-state index contributed by atoms with van der Waals surface area (Å²) in [5, 5.41) is 3.28. The molecule has 1 aromatic rings. The van der Waals surface area contributed by atoms with Crippen LogP contribution in [0.1, 0.15) is 37.3 Å². The number of anilines is 1. The Kier molecular flexibility index (Phi) is 4.19. The first kappa shape index (κ1) is 14.8. The molecule has 1 N–H and O–H groups in total. The van der Waals surface area contributed by atoms with Crippen LogP contribution in [0.25, 0.3) is 0 Å². The maximum absolute atomic E-state index is 12.9. The van der Waals surface area contributed by atoms with Crippen LogP contribution in [0, 0.1) is 0 Å². The Labute approximate surface area is 127 Å². The van der Waals surface area contributed by atoms with E-state index in [4.69, 9.17) is 0 Å². The molecule has 1 unspecified atom stereocenters. The van der Waals surface area contributed by atoms with Crippen molar-refractivity contribution in [3.63, 3.8) is 0 Å². The molecule has 3 rings (SSSR count). The monoisotopic (exact) mass is 309 g/mol. The first-order chi connectivity index (χ1) is 10.1. The maximum atomic E-state index is 12.9. The summed E-state index contributed by atoms with van der Waals surface area (Å²) in [4.78, 5) is 0. The summed E-state index contributed by atoms with van der Waals surface area (Å²) in [7, 11) is -1.46. The van der Waals surface area contributed by atoms with E-state index in [2.05, 4.69) is 5.32 Å². The molecule has 116 valence electrons. The molecule has 0 bridgehead atoms. The zero-order valence-electron chi connectivity index (χ0n) is 12.5. The number of rotatable bonds is 3. The van der Waals surface area contributed by atoms with Gasteiger partial charge in [-0.3, -0.25) is 4.31 Å². The van der Waals surface area contributed by atoms with Gasteiger partial charge in [0.1, 0.15) is 0 Å². The van der Waals surface area contributed by atoms with Crippen molar-refractivity contribution in [2.24, 2.45) is 0 Å². The highest BCUT2D eigenvalue weighted by Gasteiger charge is 2.35. The van der Waals surface area contributed by atoms with Gasteiger partial charge in [-0.15, -0.1) is 0 Å². The molecule has 5 nitrogen and oxygen atoms in total. The highest BCUT2D eigenvalue weighted by Crippen LogP contribution is 2.36. The van der Waals surface area contributed by atoms with E-state index in [-0.39, 0.29) is 6.04 Å². The lowest BCUT2D eigenvalue weighted by Crippen LogP contribution is -2.48. The fourth-order valence-corrected chi connectivity index (χ4v) is 5.06. The minimum atomic E-state index is -3.39. The number of para-hydroxylation sites is 1. The second-order valence-corrected chi connectivity index (χ2v) is 7.58. The van der Waals surface area contributed by atoms with E-state index in [9.17, 15) is 8.42 Å². The van der Waals surface area contributed by atoms with Crippen LogP contribution in [0.4, 0.5) is 5.69 Å². The van der Waals surface area contributed by atoms with Gasteiger partial charge in [0.15, 0.2) is 0 Å². The molecular weight excluding hydrogens is 286 g/mol.